The lowest BCUT2D eigenvalue weighted by Crippen LogP contribution is -2.42. The Morgan fingerprint density at radius 2 is 1.64 bits per heavy atom. The summed E-state index contributed by atoms with van der Waals surface area (Å²) in [4.78, 5) is 23.6. The molecule has 0 heterocycles. The van der Waals surface area contributed by atoms with E-state index in [1.165, 1.54) is 25.0 Å². The van der Waals surface area contributed by atoms with Crippen molar-refractivity contribution in [1.29, 1.82) is 0 Å². The minimum absolute atomic E-state index is 0.00344. The molecule has 1 saturated carbocycles. The van der Waals surface area contributed by atoms with Crippen LogP contribution in [0.2, 0.25) is 0 Å². The first-order chi connectivity index (χ1) is 10.6. The van der Waals surface area contributed by atoms with E-state index >= 15 is 0 Å². The van der Waals surface area contributed by atoms with Crippen LogP contribution >= 0.6 is 0 Å². The number of hydrogen-bond acceptors (Lipinski definition) is 2. The van der Waals surface area contributed by atoms with Crippen LogP contribution in [-0.2, 0) is 16.0 Å². The van der Waals surface area contributed by atoms with Gasteiger partial charge in [-0.05, 0) is 30.5 Å². The van der Waals surface area contributed by atoms with Crippen molar-refractivity contribution in [2.24, 2.45) is 0 Å². The van der Waals surface area contributed by atoms with E-state index in [-0.39, 0.29) is 36.6 Å². The van der Waals surface area contributed by atoms with Gasteiger partial charge in [-0.1, -0.05) is 37.8 Å². The predicted octanol–water partition coefficient (Wildman–Crippen LogP) is 2.32. The minimum Gasteiger partial charge on any atom is -0.352 e. The predicted molar refractivity (Wildman–Crippen MR) is 82.7 cm³/mol. The summed E-state index contributed by atoms with van der Waals surface area (Å²) in [6.07, 6.45) is 6.98. The lowest BCUT2D eigenvalue weighted by molar-refractivity contribution is -0.126. The number of amides is 2. The molecule has 1 fully saturated rings. The minimum atomic E-state index is -0.327. The number of carbonyl (C=O) groups is 2. The Hall–Kier alpha value is -1.91. The van der Waals surface area contributed by atoms with Crippen molar-refractivity contribution in [2.75, 3.05) is 6.54 Å². The van der Waals surface area contributed by atoms with Gasteiger partial charge >= 0.3 is 0 Å². The summed E-state index contributed by atoms with van der Waals surface area (Å²) in [5.41, 5.74) is 0.725. The van der Waals surface area contributed by atoms with E-state index in [9.17, 15) is 14.0 Å². The molecule has 22 heavy (non-hydrogen) atoms. The maximum Gasteiger partial charge on any atom is 0.239 e. The van der Waals surface area contributed by atoms with Crippen molar-refractivity contribution in [2.45, 2.75) is 51.0 Å². The molecule has 0 saturated heterocycles. The largest absolute Gasteiger partial charge is 0.352 e. The van der Waals surface area contributed by atoms with E-state index in [1.807, 2.05) is 0 Å². The molecule has 2 N–H and O–H groups in total. The molecule has 1 aliphatic rings. The van der Waals surface area contributed by atoms with Crippen LogP contribution in [0.15, 0.2) is 24.3 Å². The Morgan fingerprint density at radius 1 is 1.00 bits per heavy atom. The van der Waals surface area contributed by atoms with Gasteiger partial charge in [0, 0.05) is 6.04 Å². The van der Waals surface area contributed by atoms with Crippen LogP contribution in [-0.4, -0.2) is 24.4 Å². The molecule has 0 atom stereocenters. The summed E-state index contributed by atoms with van der Waals surface area (Å²) in [5, 5.41) is 5.59. The molecule has 2 rings (SSSR count). The van der Waals surface area contributed by atoms with Gasteiger partial charge in [-0.15, -0.1) is 0 Å². The second-order valence-corrected chi connectivity index (χ2v) is 5.84. The number of hydrogen-bond donors (Lipinski definition) is 2. The maximum atomic E-state index is 12.8. The van der Waals surface area contributed by atoms with Gasteiger partial charge in [0.25, 0.3) is 0 Å². The van der Waals surface area contributed by atoms with Crippen molar-refractivity contribution in [1.82, 2.24) is 10.6 Å². The van der Waals surface area contributed by atoms with E-state index in [0.29, 0.717) is 0 Å². The van der Waals surface area contributed by atoms with Crippen molar-refractivity contribution < 1.29 is 14.0 Å². The smallest absolute Gasteiger partial charge is 0.239 e. The average Bonchev–Trinajstić information content (AvgIpc) is 2.76. The van der Waals surface area contributed by atoms with Gasteiger partial charge in [0.2, 0.25) is 11.8 Å². The summed E-state index contributed by atoms with van der Waals surface area (Å²) >= 11 is 0. The molecule has 0 unspecified atom stereocenters. The number of carbonyl (C=O) groups excluding carboxylic acids is 2. The second kappa shape index (κ2) is 8.51. The van der Waals surface area contributed by atoms with Crippen LogP contribution in [0, 0.1) is 5.82 Å². The third kappa shape index (κ3) is 5.84. The topological polar surface area (TPSA) is 58.2 Å². The number of benzene rings is 1. The highest BCUT2D eigenvalue weighted by atomic mass is 19.1. The van der Waals surface area contributed by atoms with Gasteiger partial charge in [-0.2, -0.15) is 0 Å². The molecule has 0 bridgehead atoms. The van der Waals surface area contributed by atoms with Gasteiger partial charge in [-0.25, -0.2) is 4.39 Å². The van der Waals surface area contributed by atoms with E-state index in [1.54, 1.807) is 12.1 Å². The van der Waals surface area contributed by atoms with Crippen LogP contribution in [0.5, 0.6) is 0 Å². The number of rotatable bonds is 5. The van der Waals surface area contributed by atoms with Gasteiger partial charge < -0.3 is 10.6 Å². The zero-order valence-electron chi connectivity index (χ0n) is 12.7. The molecule has 0 radical (unpaired) electrons. The fourth-order valence-corrected chi connectivity index (χ4v) is 2.73. The van der Waals surface area contributed by atoms with Crippen molar-refractivity contribution in [3.8, 4) is 0 Å². The Balaban J connectivity index is 1.68. The highest BCUT2D eigenvalue weighted by molar-refractivity contribution is 5.85. The molecule has 1 aromatic carbocycles. The van der Waals surface area contributed by atoms with Crippen LogP contribution in [0.1, 0.15) is 44.1 Å². The monoisotopic (exact) mass is 306 g/mol. The fraction of sp³-hybridized carbons (Fsp3) is 0.529. The molecule has 5 heteroatoms. The summed E-state index contributed by atoms with van der Waals surface area (Å²) in [7, 11) is 0. The van der Waals surface area contributed by atoms with E-state index in [2.05, 4.69) is 10.6 Å². The molecule has 0 aromatic heterocycles. The van der Waals surface area contributed by atoms with Crippen LogP contribution in [0.3, 0.4) is 0 Å². The molecule has 120 valence electrons. The highest BCUT2D eigenvalue weighted by Crippen LogP contribution is 2.16. The number of nitrogens with one attached hydrogen (secondary N) is 2. The fourth-order valence-electron chi connectivity index (χ4n) is 2.73. The van der Waals surface area contributed by atoms with Crippen molar-refractivity contribution in [3.63, 3.8) is 0 Å². The molecular formula is C17H23FN2O2. The maximum absolute atomic E-state index is 12.8. The first-order valence-electron chi connectivity index (χ1n) is 7.94. The zero-order chi connectivity index (χ0) is 15.8. The second-order valence-electron chi connectivity index (χ2n) is 5.84. The van der Waals surface area contributed by atoms with Crippen LogP contribution < -0.4 is 10.6 Å². The van der Waals surface area contributed by atoms with Crippen molar-refractivity contribution in [3.05, 3.63) is 35.6 Å². The van der Waals surface area contributed by atoms with E-state index in [4.69, 9.17) is 0 Å². The standard InChI is InChI=1S/C17H23FN2O2/c18-14-9-7-13(8-10-14)11-16(21)19-12-17(22)20-15-5-3-1-2-4-6-15/h7-10,15H,1-6,11-12H2,(H,19,21)(H,20,22). The SMILES string of the molecule is O=C(Cc1ccc(F)cc1)NCC(=O)NC1CCCCCC1. The molecule has 0 aliphatic heterocycles. The Bertz CT molecular complexity index is 494. The summed E-state index contributed by atoms with van der Waals surface area (Å²) in [6.45, 7) is -0.00344. The lowest BCUT2D eigenvalue weighted by Gasteiger charge is -2.16. The first-order valence-corrected chi connectivity index (χ1v) is 7.94. The average molecular weight is 306 g/mol. The Labute approximate surface area is 130 Å². The summed E-state index contributed by atoms with van der Waals surface area (Å²) < 4.78 is 12.8. The lowest BCUT2D eigenvalue weighted by atomic mass is 10.1. The zero-order valence-corrected chi connectivity index (χ0v) is 12.7. The molecule has 1 aliphatic carbocycles. The Kier molecular flexibility index (Phi) is 6.37. The molecule has 1 aromatic rings. The van der Waals surface area contributed by atoms with E-state index < -0.39 is 0 Å². The van der Waals surface area contributed by atoms with Crippen LogP contribution in [0.25, 0.3) is 0 Å². The van der Waals surface area contributed by atoms with Crippen LogP contribution in [0.4, 0.5) is 4.39 Å². The van der Waals surface area contributed by atoms with Gasteiger partial charge in [-0.3, -0.25) is 9.59 Å². The summed E-state index contributed by atoms with van der Waals surface area (Å²) in [5.74, 6) is -0.700. The molecule has 0 spiro atoms. The van der Waals surface area contributed by atoms with Crippen molar-refractivity contribution >= 4 is 11.8 Å². The molecule has 4 nitrogen and oxygen atoms in total. The first kappa shape index (κ1) is 16.5. The summed E-state index contributed by atoms with van der Waals surface area (Å²) in [6, 6.07) is 6.02. The normalized spacial score (nSPS) is 15.9. The third-order valence-corrected chi connectivity index (χ3v) is 3.94. The van der Waals surface area contributed by atoms with E-state index in [0.717, 1.165) is 31.2 Å². The quantitative estimate of drug-likeness (QED) is 0.820. The van der Waals surface area contributed by atoms with Gasteiger partial charge in [0.1, 0.15) is 5.82 Å². The van der Waals surface area contributed by atoms with Gasteiger partial charge in [0.05, 0.1) is 13.0 Å². The number of halogens is 1. The Morgan fingerprint density at radius 3 is 2.27 bits per heavy atom. The molecule has 2 amide bonds. The third-order valence-electron chi connectivity index (χ3n) is 3.94. The molecular weight excluding hydrogens is 283 g/mol. The van der Waals surface area contributed by atoms with Gasteiger partial charge in [0.15, 0.2) is 0 Å². The highest BCUT2D eigenvalue weighted by Gasteiger charge is 2.15.